The smallest absolute Gasteiger partial charge is 0.416 e. The molecule has 2 amide bonds. The maximum absolute atomic E-state index is 13.7. The van der Waals surface area contributed by atoms with Gasteiger partial charge in [0.05, 0.1) is 11.6 Å². The first-order valence-corrected chi connectivity index (χ1v) is 12.9. The van der Waals surface area contributed by atoms with E-state index < -0.39 is 35.5 Å². The molecule has 1 heterocycles. The van der Waals surface area contributed by atoms with Crippen LogP contribution in [-0.2, 0) is 41.6 Å². The lowest BCUT2D eigenvalue weighted by Crippen LogP contribution is -2.56. The molecule has 4 rings (SSSR count). The molecule has 6 nitrogen and oxygen atoms in total. The van der Waals surface area contributed by atoms with Crippen molar-refractivity contribution >= 4 is 11.8 Å². The Labute approximate surface area is 225 Å². The van der Waals surface area contributed by atoms with Gasteiger partial charge >= 0.3 is 6.18 Å². The van der Waals surface area contributed by atoms with Crippen molar-refractivity contribution in [1.82, 2.24) is 10.2 Å². The number of nitrogens with one attached hydrogen (secondary N) is 1. The summed E-state index contributed by atoms with van der Waals surface area (Å²) in [7, 11) is 0. The van der Waals surface area contributed by atoms with Gasteiger partial charge in [0.15, 0.2) is 0 Å². The SMILES string of the molecule is Cc1cc(O)cc(C(F)(F)F)c1CC(N)C(=O)N1Cc2ccccc2C[C@@H]1C(=O)NCCCc1ccccc1. The van der Waals surface area contributed by atoms with Gasteiger partial charge in [-0.1, -0.05) is 54.6 Å². The minimum atomic E-state index is -4.73. The number of phenols is 1. The van der Waals surface area contributed by atoms with Crippen LogP contribution in [0, 0.1) is 6.92 Å². The van der Waals surface area contributed by atoms with Gasteiger partial charge in [0.2, 0.25) is 11.8 Å². The molecule has 0 bridgehead atoms. The van der Waals surface area contributed by atoms with E-state index in [2.05, 4.69) is 5.32 Å². The van der Waals surface area contributed by atoms with Gasteiger partial charge in [-0.15, -0.1) is 0 Å². The molecule has 0 radical (unpaired) electrons. The van der Waals surface area contributed by atoms with E-state index in [4.69, 9.17) is 5.73 Å². The van der Waals surface area contributed by atoms with Gasteiger partial charge in [-0.2, -0.15) is 13.2 Å². The molecule has 0 fully saturated rings. The number of fused-ring (bicyclic) bond motifs is 1. The Morgan fingerprint density at radius 2 is 1.74 bits per heavy atom. The zero-order valence-corrected chi connectivity index (χ0v) is 21.7. The van der Waals surface area contributed by atoms with Crippen LogP contribution in [0.2, 0.25) is 0 Å². The summed E-state index contributed by atoms with van der Waals surface area (Å²) in [5.74, 6) is -1.44. The summed E-state index contributed by atoms with van der Waals surface area (Å²) in [6.45, 7) is 1.98. The first-order chi connectivity index (χ1) is 18.5. The first kappa shape index (κ1) is 28.2. The van der Waals surface area contributed by atoms with Crippen molar-refractivity contribution in [3.8, 4) is 5.75 Å². The Hall–Kier alpha value is -3.85. The third-order valence-electron chi connectivity index (χ3n) is 7.12. The largest absolute Gasteiger partial charge is 0.508 e. The monoisotopic (exact) mass is 539 g/mol. The molecule has 0 saturated heterocycles. The molecular formula is C30H32F3N3O3. The van der Waals surface area contributed by atoms with Crippen LogP contribution in [0.4, 0.5) is 13.2 Å². The van der Waals surface area contributed by atoms with E-state index in [9.17, 15) is 27.9 Å². The van der Waals surface area contributed by atoms with Gasteiger partial charge < -0.3 is 21.1 Å². The molecule has 0 saturated carbocycles. The molecule has 0 aromatic heterocycles. The quantitative estimate of drug-likeness (QED) is 0.372. The van der Waals surface area contributed by atoms with Crippen LogP contribution in [0.3, 0.4) is 0 Å². The topological polar surface area (TPSA) is 95.7 Å². The zero-order valence-electron chi connectivity index (χ0n) is 21.7. The number of hydrogen-bond donors (Lipinski definition) is 3. The van der Waals surface area contributed by atoms with Gasteiger partial charge in [0.25, 0.3) is 0 Å². The van der Waals surface area contributed by atoms with E-state index in [1.807, 2.05) is 54.6 Å². The molecule has 0 spiro atoms. The minimum absolute atomic E-state index is 0.130. The molecule has 3 aromatic rings. The van der Waals surface area contributed by atoms with Crippen LogP contribution in [0.25, 0.3) is 0 Å². The third-order valence-corrected chi connectivity index (χ3v) is 7.12. The second kappa shape index (κ2) is 11.9. The summed E-state index contributed by atoms with van der Waals surface area (Å²) >= 11 is 0. The Kier molecular flexibility index (Phi) is 8.60. The minimum Gasteiger partial charge on any atom is -0.508 e. The van der Waals surface area contributed by atoms with E-state index in [-0.39, 0.29) is 36.4 Å². The van der Waals surface area contributed by atoms with Crippen molar-refractivity contribution < 1.29 is 27.9 Å². The Morgan fingerprint density at radius 3 is 2.44 bits per heavy atom. The lowest BCUT2D eigenvalue weighted by Gasteiger charge is -2.37. The lowest BCUT2D eigenvalue weighted by atomic mass is 9.91. The van der Waals surface area contributed by atoms with E-state index in [0.717, 1.165) is 23.1 Å². The number of benzene rings is 3. The number of carbonyl (C=O) groups excluding carboxylic acids is 2. The predicted octanol–water partition coefficient (Wildman–Crippen LogP) is 4.29. The van der Waals surface area contributed by atoms with Crippen LogP contribution in [0.15, 0.2) is 66.7 Å². The third kappa shape index (κ3) is 6.78. The summed E-state index contributed by atoms with van der Waals surface area (Å²) in [5.41, 5.74) is 8.18. The number of amides is 2. The molecule has 206 valence electrons. The number of aryl methyl sites for hydroxylation is 2. The number of carbonyl (C=O) groups is 2. The van der Waals surface area contributed by atoms with Gasteiger partial charge in [0.1, 0.15) is 11.8 Å². The maximum atomic E-state index is 13.7. The molecular weight excluding hydrogens is 507 g/mol. The molecule has 3 aromatic carbocycles. The normalized spacial score (nSPS) is 15.9. The number of alkyl halides is 3. The van der Waals surface area contributed by atoms with Crippen molar-refractivity contribution in [2.24, 2.45) is 5.73 Å². The Morgan fingerprint density at radius 1 is 1.08 bits per heavy atom. The fourth-order valence-corrected chi connectivity index (χ4v) is 5.10. The van der Waals surface area contributed by atoms with Crippen molar-refractivity contribution in [3.63, 3.8) is 0 Å². The highest BCUT2D eigenvalue weighted by molar-refractivity contribution is 5.90. The summed E-state index contributed by atoms with van der Waals surface area (Å²) < 4.78 is 41.1. The van der Waals surface area contributed by atoms with Crippen LogP contribution in [0.1, 0.15) is 39.8 Å². The number of hydrogen-bond acceptors (Lipinski definition) is 4. The van der Waals surface area contributed by atoms with Crippen LogP contribution >= 0.6 is 0 Å². The number of aromatic hydroxyl groups is 1. The molecule has 1 aliphatic heterocycles. The van der Waals surface area contributed by atoms with Crippen molar-refractivity contribution in [3.05, 3.63) is 100 Å². The number of rotatable bonds is 8. The van der Waals surface area contributed by atoms with Crippen molar-refractivity contribution in [1.29, 1.82) is 0 Å². The average molecular weight is 540 g/mol. The van der Waals surface area contributed by atoms with Gasteiger partial charge in [0, 0.05) is 19.5 Å². The molecule has 4 N–H and O–H groups in total. The highest BCUT2D eigenvalue weighted by atomic mass is 19.4. The highest BCUT2D eigenvalue weighted by Gasteiger charge is 2.39. The standard InChI is InChI=1S/C30H32F3N3O3/c1-19-14-23(37)16-25(30(31,32)33)24(19)17-26(34)29(39)36-18-22-12-6-5-11-21(22)15-27(36)28(38)35-13-7-10-20-8-3-2-4-9-20/h2-6,8-9,11-12,14,16,26-27,37H,7,10,13,15,17-18,34H2,1H3,(H,35,38)/t26?,27-/m1/s1. The summed E-state index contributed by atoms with van der Waals surface area (Å²) in [6, 6.07) is 17.1. The number of nitrogens with two attached hydrogens (primary N) is 1. The van der Waals surface area contributed by atoms with Crippen molar-refractivity contribution in [2.75, 3.05) is 6.54 Å². The van der Waals surface area contributed by atoms with E-state index in [1.54, 1.807) is 0 Å². The number of nitrogens with zero attached hydrogens (tertiary/aromatic N) is 1. The Bertz CT molecular complexity index is 1330. The second-order valence-electron chi connectivity index (χ2n) is 9.93. The van der Waals surface area contributed by atoms with E-state index >= 15 is 0 Å². The summed E-state index contributed by atoms with van der Waals surface area (Å²) in [6.07, 6.45) is -3.33. The predicted molar refractivity (Wildman–Crippen MR) is 142 cm³/mol. The summed E-state index contributed by atoms with van der Waals surface area (Å²) in [4.78, 5) is 28.2. The molecule has 9 heteroatoms. The highest BCUT2D eigenvalue weighted by Crippen LogP contribution is 2.36. The van der Waals surface area contributed by atoms with Crippen LogP contribution in [-0.4, -0.2) is 40.4 Å². The van der Waals surface area contributed by atoms with E-state index in [0.29, 0.717) is 19.0 Å². The molecule has 1 unspecified atom stereocenters. The van der Waals surface area contributed by atoms with Crippen LogP contribution < -0.4 is 11.1 Å². The molecule has 39 heavy (non-hydrogen) atoms. The Balaban J connectivity index is 1.51. The van der Waals surface area contributed by atoms with E-state index in [1.165, 1.54) is 17.9 Å². The molecule has 2 atom stereocenters. The van der Waals surface area contributed by atoms with Gasteiger partial charge in [-0.25, -0.2) is 0 Å². The molecule has 1 aliphatic rings. The van der Waals surface area contributed by atoms with Gasteiger partial charge in [-0.05, 0) is 66.1 Å². The lowest BCUT2D eigenvalue weighted by molar-refractivity contribution is -0.143. The van der Waals surface area contributed by atoms with Crippen molar-refractivity contribution in [2.45, 2.75) is 57.4 Å². The van der Waals surface area contributed by atoms with Gasteiger partial charge in [-0.3, -0.25) is 9.59 Å². The first-order valence-electron chi connectivity index (χ1n) is 12.9. The fraction of sp³-hybridized carbons (Fsp3) is 0.333. The summed E-state index contributed by atoms with van der Waals surface area (Å²) in [5, 5.41) is 12.6. The molecule has 0 aliphatic carbocycles. The van der Waals surface area contributed by atoms with Crippen LogP contribution in [0.5, 0.6) is 5.75 Å². The second-order valence-corrected chi connectivity index (χ2v) is 9.93. The zero-order chi connectivity index (χ0) is 28.2. The number of phenolic OH excluding ortho intramolecular Hbond substituents is 1. The fourth-order valence-electron chi connectivity index (χ4n) is 5.10. The average Bonchev–Trinajstić information content (AvgIpc) is 2.91. The number of halogens is 3. The maximum Gasteiger partial charge on any atom is 0.416 e.